The molecule has 1 fully saturated rings. The Bertz CT molecular complexity index is 815. The van der Waals surface area contributed by atoms with E-state index in [0.717, 1.165) is 24.4 Å². The first-order valence-electron chi connectivity index (χ1n) is 10.0. The van der Waals surface area contributed by atoms with Crippen LogP contribution in [0.25, 0.3) is 0 Å². The lowest BCUT2D eigenvalue weighted by Crippen LogP contribution is -2.51. The average molecular weight is 381 g/mol. The highest BCUT2D eigenvalue weighted by atomic mass is 16.5. The lowest BCUT2D eigenvalue weighted by Gasteiger charge is -2.48. The normalized spacial score (nSPS) is 30.9. The third-order valence-electron chi connectivity index (χ3n) is 6.20. The molecule has 0 spiro atoms. The number of methoxy groups -OCH3 is 1. The van der Waals surface area contributed by atoms with Crippen molar-refractivity contribution in [3.8, 4) is 5.75 Å². The number of hydrogen-bond acceptors (Lipinski definition) is 6. The predicted octanol–water partition coefficient (Wildman–Crippen LogP) is 3.60. The number of benzene rings is 1. The quantitative estimate of drug-likeness (QED) is 0.731. The first kappa shape index (κ1) is 18.7. The first-order chi connectivity index (χ1) is 13.6. The largest absolute Gasteiger partial charge is 0.497 e. The van der Waals surface area contributed by atoms with E-state index < -0.39 is 0 Å². The van der Waals surface area contributed by atoms with Gasteiger partial charge in [0.15, 0.2) is 0 Å². The Kier molecular flexibility index (Phi) is 5.20. The number of ether oxygens (including phenoxy) is 2. The number of nitrogens with zero attached hydrogens (tertiary/aromatic N) is 3. The topological polar surface area (TPSA) is 63.5 Å². The van der Waals surface area contributed by atoms with E-state index in [1.165, 1.54) is 5.56 Å². The number of aliphatic imine (C=N–C) groups is 2. The lowest BCUT2D eigenvalue weighted by molar-refractivity contribution is -0.155. The summed E-state index contributed by atoms with van der Waals surface area (Å²) in [6.07, 6.45) is 7.50. The molecule has 0 radical (unpaired) electrons. The van der Waals surface area contributed by atoms with Crippen molar-refractivity contribution in [3.63, 3.8) is 0 Å². The minimum atomic E-state index is -0.0771. The van der Waals surface area contributed by atoms with Gasteiger partial charge in [0.2, 0.25) is 0 Å². The van der Waals surface area contributed by atoms with Gasteiger partial charge in [-0.15, -0.1) is 0 Å². The van der Waals surface area contributed by atoms with E-state index >= 15 is 0 Å². The fraction of sp³-hybridized carbons (Fsp3) is 0.500. The Labute approximate surface area is 166 Å². The molecule has 1 saturated carbocycles. The van der Waals surface area contributed by atoms with Gasteiger partial charge in [-0.3, -0.25) is 14.8 Å². The minimum Gasteiger partial charge on any atom is -0.497 e. The number of carbonyl (C=O) groups excluding carboxylic acids is 1. The van der Waals surface area contributed by atoms with Gasteiger partial charge in [0.1, 0.15) is 11.6 Å². The van der Waals surface area contributed by atoms with Gasteiger partial charge in [0.25, 0.3) is 0 Å². The molecule has 0 saturated heterocycles. The van der Waals surface area contributed by atoms with Gasteiger partial charge in [-0.2, -0.15) is 0 Å². The van der Waals surface area contributed by atoms with Crippen LogP contribution in [0, 0.1) is 17.8 Å². The van der Waals surface area contributed by atoms with E-state index in [2.05, 4.69) is 28.9 Å². The molecular weight excluding hydrogens is 354 g/mol. The summed E-state index contributed by atoms with van der Waals surface area (Å²) in [6, 6.07) is 8.42. The van der Waals surface area contributed by atoms with Crippen molar-refractivity contribution < 1.29 is 14.3 Å². The fourth-order valence-electron chi connectivity index (χ4n) is 4.64. The van der Waals surface area contributed by atoms with Crippen LogP contribution in [-0.4, -0.2) is 42.7 Å². The Morgan fingerprint density at radius 2 is 2.04 bits per heavy atom. The number of rotatable bonds is 5. The Morgan fingerprint density at radius 1 is 1.25 bits per heavy atom. The second kappa shape index (κ2) is 7.78. The summed E-state index contributed by atoms with van der Waals surface area (Å²) in [7, 11) is 1.68. The van der Waals surface area contributed by atoms with Crippen LogP contribution in [0.2, 0.25) is 0 Å². The summed E-state index contributed by atoms with van der Waals surface area (Å²) < 4.78 is 10.6. The van der Waals surface area contributed by atoms with Crippen LogP contribution in [0.5, 0.6) is 5.75 Å². The predicted molar refractivity (Wildman–Crippen MR) is 108 cm³/mol. The van der Waals surface area contributed by atoms with E-state index in [1.807, 2.05) is 31.5 Å². The van der Waals surface area contributed by atoms with Crippen LogP contribution in [-0.2, 0) is 9.53 Å². The van der Waals surface area contributed by atoms with Crippen LogP contribution in [0.15, 0.2) is 46.7 Å². The molecule has 5 unspecified atom stereocenters. The van der Waals surface area contributed by atoms with Crippen molar-refractivity contribution in [3.05, 3.63) is 42.2 Å². The van der Waals surface area contributed by atoms with Crippen LogP contribution >= 0.6 is 0 Å². The Morgan fingerprint density at radius 3 is 2.68 bits per heavy atom. The number of esters is 1. The number of hydrogen-bond donors (Lipinski definition) is 0. The average Bonchev–Trinajstić information content (AvgIpc) is 2.68. The number of amidine groups is 1. The SMILES string of the molecule is CCOC(=O)C1CCC1C1N=C2C=NC=CN2C(c2ccc(OC)cc2)C1C. The second-order valence-electron chi connectivity index (χ2n) is 7.64. The van der Waals surface area contributed by atoms with Gasteiger partial charge >= 0.3 is 5.97 Å². The van der Waals surface area contributed by atoms with Gasteiger partial charge < -0.3 is 14.4 Å². The smallest absolute Gasteiger partial charge is 0.309 e. The summed E-state index contributed by atoms with van der Waals surface area (Å²) in [6.45, 7) is 4.52. The monoisotopic (exact) mass is 381 g/mol. The molecule has 0 bridgehead atoms. The van der Waals surface area contributed by atoms with Crippen LogP contribution in [0.3, 0.4) is 0 Å². The Hall–Kier alpha value is -2.63. The molecule has 28 heavy (non-hydrogen) atoms. The molecule has 2 heterocycles. The van der Waals surface area contributed by atoms with Crippen molar-refractivity contribution >= 4 is 18.0 Å². The molecule has 1 aromatic rings. The maximum absolute atomic E-state index is 12.4. The van der Waals surface area contributed by atoms with Crippen LogP contribution in [0.1, 0.15) is 38.3 Å². The zero-order chi connectivity index (χ0) is 19.7. The highest BCUT2D eigenvalue weighted by Gasteiger charge is 2.48. The molecule has 1 aromatic carbocycles. The molecule has 5 atom stereocenters. The van der Waals surface area contributed by atoms with Crippen molar-refractivity contribution in [2.24, 2.45) is 27.7 Å². The molecule has 0 N–H and O–H groups in total. The summed E-state index contributed by atoms with van der Waals surface area (Å²) >= 11 is 0. The summed E-state index contributed by atoms with van der Waals surface area (Å²) in [5.74, 6) is 2.05. The molecule has 3 aliphatic rings. The molecule has 6 heteroatoms. The molecule has 2 aliphatic heterocycles. The van der Waals surface area contributed by atoms with Gasteiger partial charge in [-0.05, 0) is 43.4 Å². The van der Waals surface area contributed by atoms with Gasteiger partial charge in [-0.25, -0.2) is 0 Å². The maximum Gasteiger partial charge on any atom is 0.309 e. The number of fused-ring (bicyclic) bond motifs is 1. The zero-order valence-electron chi connectivity index (χ0n) is 16.6. The van der Waals surface area contributed by atoms with E-state index in [4.69, 9.17) is 14.5 Å². The summed E-state index contributed by atoms with van der Waals surface area (Å²) in [5.41, 5.74) is 1.21. The van der Waals surface area contributed by atoms with E-state index in [1.54, 1.807) is 13.3 Å². The third kappa shape index (κ3) is 3.21. The highest BCUT2D eigenvalue weighted by Crippen LogP contribution is 2.47. The summed E-state index contributed by atoms with van der Waals surface area (Å²) in [5, 5.41) is 0. The molecule has 0 amide bonds. The van der Waals surface area contributed by atoms with E-state index in [9.17, 15) is 4.79 Å². The van der Waals surface area contributed by atoms with Crippen LogP contribution < -0.4 is 4.74 Å². The second-order valence-corrected chi connectivity index (χ2v) is 7.64. The van der Waals surface area contributed by atoms with Crippen LogP contribution in [0.4, 0.5) is 0 Å². The molecule has 4 rings (SSSR count). The van der Waals surface area contributed by atoms with Crippen molar-refractivity contribution in [2.75, 3.05) is 13.7 Å². The molecule has 1 aliphatic carbocycles. The Balaban J connectivity index is 1.66. The third-order valence-corrected chi connectivity index (χ3v) is 6.20. The standard InChI is InChI=1S/C22H27N3O3/c1-4-28-22(26)18-10-9-17(18)20-14(2)21(15-5-7-16(27-3)8-6-15)25-12-11-23-13-19(25)24-20/h5-8,11-14,17-18,20-21H,4,9-10H2,1-3H3. The molecule has 148 valence electrons. The minimum absolute atomic E-state index is 0.0455. The highest BCUT2D eigenvalue weighted by molar-refractivity contribution is 6.30. The summed E-state index contributed by atoms with van der Waals surface area (Å²) in [4.78, 5) is 23.8. The lowest BCUT2D eigenvalue weighted by atomic mass is 9.65. The maximum atomic E-state index is 12.4. The van der Waals surface area contributed by atoms with E-state index in [-0.39, 0.29) is 35.8 Å². The van der Waals surface area contributed by atoms with Crippen molar-refractivity contribution in [2.45, 2.75) is 38.8 Å². The molecular formula is C22H27N3O3. The van der Waals surface area contributed by atoms with Gasteiger partial charge in [0, 0.05) is 18.3 Å². The van der Waals surface area contributed by atoms with Gasteiger partial charge in [-0.1, -0.05) is 19.1 Å². The van der Waals surface area contributed by atoms with Gasteiger partial charge in [0.05, 0.1) is 37.9 Å². The zero-order valence-corrected chi connectivity index (χ0v) is 16.6. The fourth-order valence-corrected chi connectivity index (χ4v) is 4.64. The van der Waals surface area contributed by atoms with Crippen molar-refractivity contribution in [1.29, 1.82) is 0 Å². The number of carbonyl (C=O) groups is 1. The molecule has 6 nitrogen and oxygen atoms in total. The first-order valence-corrected chi connectivity index (χ1v) is 10.0. The van der Waals surface area contributed by atoms with Crippen molar-refractivity contribution in [1.82, 2.24) is 4.90 Å². The van der Waals surface area contributed by atoms with E-state index in [0.29, 0.717) is 6.61 Å². The molecule has 0 aromatic heterocycles.